The van der Waals surface area contributed by atoms with Crippen molar-refractivity contribution in [2.75, 3.05) is 16.0 Å². The summed E-state index contributed by atoms with van der Waals surface area (Å²) in [4.78, 5) is 13.7. The fourth-order valence-corrected chi connectivity index (χ4v) is 2.52. The van der Waals surface area contributed by atoms with Crippen LogP contribution in [0.3, 0.4) is 0 Å². The molecule has 3 aromatic carbocycles. The fraction of sp³-hybridized carbons (Fsp3) is 0.0500. The Bertz CT molecular complexity index is 812. The molecule has 3 aromatic rings. The first kappa shape index (κ1) is 15.6. The Balaban J connectivity index is 1.84. The third-order valence-electron chi connectivity index (χ3n) is 3.65. The predicted octanol–water partition coefficient (Wildman–Crippen LogP) is 4.70. The van der Waals surface area contributed by atoms with E-state index < -0.39 is 0 Å². The van der Waals surface area contributed by atoms with E-state index in [0.717, 1.165) is 22.7 Å². The second-order valence-corrected chi connectivity index (χ2v) is 5.48. The van der Waals surface area contributed by atoms with Crippen molar-refractivity contribution in [3.8, 4) is 0 Å². The first-order valence-corrected chi connectivity index (χ1v) is 7.72. The Labute approximate surface area is 141 Å². The Hall–Kier alpha value is -3.27. The minimum Gasteiger partial charge on any atom is -0.399 e. The van der Waals surface area contributed by atoms with Crippen LogP contribution >= 0.6 is 0 Å². The van der Waals surface area contributed by atoms with Gasteiger partial charge in [0.15, 0.2) is 0 Å². The van der Waals surface area contributed by atoms with Crippen molar-refractivity contribution in [3.63, 3.8) is 0 Å². The highest BCUT2D eigenvalue weighted by Gasteiger charge is 2.13. The van der Waals surface area contributed by atoms with Crippen molar-refractivity contribution in [3.05, 3.63) is 78.9 Å². The molecule has 0 atom stereocenters. The smallest absolute Gasteiger partial charge is 0.228 e. The van der Waals surface area contributed by atoms with Crippen LogP contribution in [0, 0.1) is 0 Å². The monoisotopic (exact) mass is 317 g/mol. The van der Waals surface area contributed by atoms with Gasteiger partial charge in [0.05, 0.1) is 0 Å². The van der Waals surface area contributed by atoms with Crippen LogP contribution in [0.2, 0.25) is 0 Å². The Morgan fingerprint density at radius 2 is 1.29 bits per heavy atom. The molecule has 3 N–H and O–H groups in total. The number of benzene rings is 3. The van der Waals surface area contributed by atoms with Crippen LogP contribution in [0.4, 0.5) is 28.4 Å². The number of nitrogens with one attached hydrogen (secondary N) is 1. The zero-order chi connectivity index (χ0) is 16.9. The highest BCUT2D eigenvalue weighted by molar-refractivity contribution is 5.99. The summed E-state index contributed by atoms with van der Waals surface area (Å²) in [5.41, 5.74) is 9.98. The molecule has 3 rings (SSSR count). The van der Waals surface area contributed by atoms with Crippen LogP contribution in [-0.2, 0) is 4.79 Å². The van der Waals surface area contributed by atoms with Gasteiger partial charge in [-0.3, -0.25) is 9.69 Å². The molecule has 0 saturated heterocycles. The number of amides is 1. The molecular formula is C20H19N3O. The molecule has 4 nitrogen and oxygen atoms in total. The number of nitrogens with zero attached hydrogens (tertiary/aromatic N) is 1. The second-order valence-electron chi connectivity index (χ2n) is 5.48. The molecular weight excluding hydrogens is 298 g/mol. The maximum absolute atomic E-state index is 12.1. The van der Waals surface area contributed by atoms with E-state index in [2.05, 4.69) is 5.32 Å². The molecule has 0 saturated carbocycles. The molecule has 120 valence electrons. The van der Waals surface area contributed by atoms with E-state index in [1.165, 1.54) is 0 Å². The van der Waals surface area contributed by atoms with Crippen molar-refractivity contribution in [1.82, 2.24) is 0 Å². The van der Waals surface area contributed by atoms with Gasteiger partial charge in [0, 0.05) is 35.4 Å². The van der Waals surface area contributed by atoms with E-state index >= 15 is 0 Å². The van der Waals surface area contributed by atoms with Crippen LogP contribution in [0.1, 0.15) is 6.92 Å². The molecule has 1 amide bonds. The minimum absolute atomic E-state index is 0.0523. The quantitative estimate of drug-likeness (QED) is 0.686. The largest absolute Gasteiger partial charge is 0.399 e. The third-order valence-corrected chi connectivity index (χ3v) is 3.65. The van der Waals surface area contributed by atoms with Gasteiger partial charge in [-0.25, -0.2) is 0 Å². The number of rotatable bonds is 4. The van der Waals surface area contributed by atoms with Gasteiger partial charge in [-0.2, -0.15) is 0 Å². The standard InChI is InChI=1S/C20H19N3O/c1-15(24)23(19-11-7-16(21)8-12-19)20-13-9-18(10-14-20)22-17-5-3-2-4-6-17/h2-14,22H,21H2,1H3. The molecule has 0 aliphatic heterocycles. The Kier molecular flexibility index (Phi) is 4.47. The van der Waals surface area contributed by atoms with E-state index in [1.54, 1.807) is 24.0 Å². The normalized spacial score (nSPS) is 10.2. The van der Waals surface area contributed by atoms with Crippen LogP contribution < -0.4 is 16.0 Å². The van der Waals surface area contributed by atoms with Gasteiger partial charge in [-0.15, -0.1) is 0 Å². The molecule has 24 heavy (non-hydrogen) atoms. The molecule has 0 fully saturated rings. The van der Waals surface area contributed by atoms with Crippen molar-refractivity contribution >= 4 is 34.3 Å². The average molecular weight is 317 g/mol. The van der Waals surface area contributed by atoms with Gasteiger partial charge in [0.1, 0.15) is 0 Å². The van der Waals surface area contributed by atoms with Crippen molar-refractivity contribution in [2.45, 2.75) is 6.92 Å². The van der Waals surface area contributed by atoms with E-state index in [4.69, 9.17) is 5.73 Å². The van der Waals surface area contributed by atoms with Crippen molar-refractivity contribution < 1.29 is 4.79 Å². The predicted molar refractivity (Wildman–Crippen MR) is 99.8 cm³/mol. The molecule has 4 heteroatoms. The average Bonchev–Trinajstić information content (AvgIpc) is 2.59. The maximum Gasteiger partial charge on any atom is 0.228 e. The fourth-order valence-electron chi connectivity index (χ4n) is 2.52. The number of nitrogen functional groups attached to an aromatic ring is 1. The van der Waals surface area contributed by atoms with Crippen molar-refractivity contribution in [2.24, 2.45) is 0 Å². The van der Waals surface area contributed by atoms with Gasteiger partial charge in [0.2, 0.25) is 5.91 Å². The summed E-state index contributed by atoms with van der Waals surface area (Å²) in [5, 5.41) is 3.33. The minimum atomic E-state index is -0.0523. The molecule has 0 spiro atoms. The van der Waals surface area contributed by atoms with Gasteiger partial charge in [0.25, 0.3) is 0 Å². The zero-order valence-corrected chi connectivity index (χ0v) is 13.4. The van der Waals surface area contributed by atoms with Crippen LogP contribution in [-0.4, -0.2) is 5.91 Å². The summed E-state index contributed by atoms with van der Waals surface area (Å²) in [5.74, 6) is -0.0523. The molecule has 0 heterocycles. The summed E-state index contributed by atoms with van der Waals surface area (Å²) in [6.07, 6.45) is 0. The molecule has 0 bridgehead atoms. The number of hydrogen-bond donors (Lipinski definition) is 2. The van der Waals surface area contributed by atoms with E-state index in [-0.39, 0.29) is 5.91 Å². The first-order valence-electron chi connectivity index (χ1n) is 7.72. The van der Waals surface area contributed by atoms with Gasteiger partial charge in [-0.05, 0) is 60.7 Å². The lowest BCUT2D eigenvalue weighted by Gasteiger charge is -2.22. The molecule has 0 radical (unpaired) electrons. The second kappa shape index (κ2) is 6.87. The van der Waals surface area contributed by atoms with Gasteiger partial charge in [-0.1, -0.05) is 18.2 Å². The van der Waals surface area contributed by atoms with E-state index in [9.17, 15) is 4.79 Å². The molecule has 0 aliphatic rings. The molecule has 0 unspecified atom stereocenters. The Morgan fingerprint density at radius 3 is 1.83 bits per heavy atom. The van der Waals surface area contributed by atoms with E-state index in [0.29, 0.717) is 5.69 Å². The topological polar surface area (TPSA) is 58.4 Å². The highest BCUT2D eigenvalue weighted by atomic mass is 16.2. The molecule has 0 aromatic heterocycles. The lowest BCUT2D eigenvalue weighted by Crippen LogP contribution is -2.22. The van der Waals surface area contributed by atoms with Gasteiger partial charge < -0.3 is 11.1 Å². The molecule has 0 aliphatic carbocycles. The summed E-state index contributed by atoms with van der Waals surface area (Å²) in [6.45, 7) is 1.55. The lowest BCUT2D eigenvalue weighted by molar-refractivity contribution is -0.115. The van der Waals surface area contributed by atoms with Crippen LogP contribution in [0.25, 0.3) is 0 Å². The summed E-state index contributed by atoms with van der Waals surface area (Å²) in [6, 6.07) is 25.0. The highest BCUT2D eigenvalue weighted by Crippen LogP contribution is 2.28. The number of carbonyl (C=O) groups excluding carboxylic acids is 1. The first-order chi connectivity index (χ1) is 11.6. The number of nitrogens with two attached hydrogens (primary N) is 1. The number of hydrogen-bond acceptors (Lipinski definition) is 3. The summed E-state index contributed by atoms with van der Waals surface area (Å²) in [7, 11) is 0. The summed E-state index contributed by atoms with van der Waals surface area (Å²) < 4.78 is 0. The van der Waals surface area contributed by atoms with Crippen LogP contribution in [0.5, 0.6) is 0 Å². The number of anilines is 5. The zero-order valence-electron chi connectivity index (χ0n) is 13.4. The summed E-state index contributed by atoms with van der Waals surface area (Å²) >= 11 is 0. The van der Waals surface area contributed by atoms with Gasteiger partial charge >= 0.3 is 0 Å². The lowest BCUT2D eigenvalue weighted by atomic mass is 10.2. The maximum atomic E-state index is 12.1. The third kappa shape index (κ3) is 3.55. The van der Waals surface area contributed by atoms with Crippen LogP contribution in [0.15, 0.2) is 78.9 Å². The SMILES string of the molecule is CC(=O)N(c1ccc(N)cc1)c1ccc(Nc2ccccc2)cc1. The number of para-hydroxylation sites is 1. The van der Waals surface area contributed by atoms with E-state index in [1.807, 2.05) is 66.7 Å². The van der Waals surface area contributed by atoms with Crippen molar-refractivity contribution in [1.29, 1.82) is 0 Å². The number of carbonyl (C=O) groups is 1. The Morgan fingerprint density at radius 1 is 0.792 bits per heavy atom.